The van der Waals surface area contributed by atoms with Crippen molar-refractivity contribution in [3.05, 3.63) is 47.8 Å². The molecule has 3 aromatic rings. The van der Waals surface area contributed by atoms with Crippen molar-refractivity contribution in [3.63, 3.8) is 0 Å². The van der Waals surface area contributed by atoms with Crippen molar-refractivity contribution in [2.75, 3.05) is 26.0 Å². The lowest BCUT2D eigenvalue weighted by molar-refractivity contribution is -0.129. The number of nitrogens with zero attached hydrogens (tertiary/aromatic N) is 4. The number of benzene rings is 1. The lowest BCUT2D eigenvalue weighted by Crippen LogP contribution is -2.25. The van der Waals surface area contributed by atoms with Gasteiger partial charge in [0.05, 0.1) is 0 Å². The number of fused-ring (bicyclic) bond motifs is 1. The fraction of sp³-hybridized carbons (Fsp3) is 0.483. The van der Waals surface area contributed by atoms with E-state index in [1.807, 2.05) is 18.2 Å². The number of unbranched alkanes of at least 4 members (excludes halogenated alkanes) is 4. The van der Waals surface area contributed by atoms with Crippen LogP contribution in [-0.2, 0) is 4.79 Å². The molecule has 40 heavy (non-hydrogen) atoms. The second kappa shape index (κ2) is 13.9. The Labute approximate surface area is 234 Å². The molecule has 214 valence electrons. The number of hydroxylamine groups is 1. The highest BCUT2D eigenvalue weighted by Crippen LogP contribution is 2.35. The normalized spacial score (nSPS) is 13.4. The van der Waals surface area contributed by atoms with Crippen molar-refractivity contribution in [2.24, 2.45) is 0 Å². The standard InChI is InChI=1S/C29H39N7O4/c1-35(2)28(39)24-18-21-19-31-29(33-26(21)36(24)23-10-7-8-11-23)32-22-15-13-20(14-16-22)27(38)30-17-9-5-3-4-6-12-25(37)34-40/h13-16,18-19,23,40H,3-12,17H2,1-2H3,(H,30,38)(H,34,37)(H,31,32,33). The quantitative estimate of drug-likeness (QED) is 0.139. The van der Waals surface area contributed by atoms with Crippen molar-refractivity contribution in [2.45, 2.75) is 70.3 Å². The van der Waals surface area contributed by atoms with Crippen molar-refractivity contribution in [3.8, 4) is 0 Å². The molecular formula is C29H39N7O4. The number of amides is 3. The van der Waals surface area contributed by atoms with Crippen molar-refractivity contribution < 1.29 is 19.6 Å². The maximum atomic E-state index is 12.9. The molecule has 1 fully saturated rings. The van der Waals surface area contributed by atoms with Crippen LogP contribution in [0.1, 0.15) is 91.1 Å². The number of carbonyl (C=O) groups excluding carboxylic acids is 3. The molecule has 4 rings (SSSR count). The van der Waals surface area contributed by atoms with Gasteiger partial charge >= 0.3 is 0 Å². The van der Waals surface area contributed by atoms with E-state index >= 15 is 0 Å². The van der Waals surface area contributed by atoms with Gasteiger partial charge in [0, 0.05) is 55.9 Å². The van der Waals surface area contributed by atoms with Gasteiger partial charge in [0.15, 0.2) is 0 Å². The molecule has 4 N–H and O–H groups in total. The molecule has 0 spiro atoms. The molecule has 2 heterocycles. The van der Waals surface area contributed by atoms with E-state index in [4.69, 9.17) is 10.2 Å². The van der Waals surface area contributed by atoms with Crippen LogP contribution in [0.2, 0.25) is 0 Å². The summed E-state index contributed by atoms with van der Waals surface area (Å²) in [6.45, 7) is 0.586. The van der Waals surface area contributed by atoms with E-state index in [1.165, 1.54) is 0 Å². The van der Waals surface area contributed by atoms with Gasteiger partial charge in [-0.2, -0.15) is 4.98 Å². The highest BCUT2D eigenvalue weighted by molar-refractivity contribution is 5.98. The summed E-state index contributed by atoms with van der Waals surface area (Å²) < 4.78 is 2.08. The Hall–Kier alpha value is -3.99. The van der Waals surface area contributed by atoms with Crippen LogP contribution in [0.3, 0.4) is 0 Å². The molecule has 1 aliphatic rings. The van der Waals surface area contributed by atoms with Gasteiger partial charge in [0.2, 0.25) is 11.9 Å². The van der Waals surface area contributed by atoms with Gasteiger partial charge in [0.1, 0.15) is 11.3 Å². The number of anilines is 2. The van der Waals surface area contributed by atoms with E-state index in [2.05, 4.69) is 20.2 Å². The monoisotopic (exact) mass is 549 g/mol. The first-order chi connectivity index (χ1) is 19.4. The molecule has 1 aliphatic carbocycles. The number of hydrogen-bond acceptors (Lipinski definition) is 7. The average molecular weight is 550 g/mol. The van der Waals surface area contributed by atoms with Crippen LogP contribution in [-0.4, -0.2) is 63.0 Å². The van der Waals surface area contributed by atoms with E-state index < -0.39 is 0 Å². The predicted molar refractivity (Wildman–Crippen MR) is 153 cm³/mol. The Bertz CT molecular complexity index is 1310. The molecule has 11 nitrogen and oxygen atoms in total. The van der Waals surface area contributed by atoms with E-state index in [1.54, 1.807) is 42.8 Å². The zero-order chi connectivity index (χ0) is 28.5. The smallest absolute Gasteiger partial charge is 0.270 e. The van der Waals surface area contributed by atoms with Gasteiger partial charge in [0.25, 0.3) is 11.8 Å². The minimum atomic E-state index is -0.358. The molecule has 2 aromatic heterocycles. The topological polar surface area (TPSA) is 141 Å². The molecule has 0 radical (unpaired) electrons. The summed E-state index contributed by atoms with van der Waals surface area (Å²) in [6.07, 6.45) is 10.9. The zero-order valence-corrected chi connectivity index (χ0v) is 23.3. The summed E-state index contributed by atoms with van der Waals surface area (Å²) in [5.41, 5.74) is 4.35. The molecule has 1 aromatic carbocycles. The highest BCUT2D eigenvalue weighted by atomic mass is 16.5. The van der Waals surface area contributed by atoms with Crippen molar-refractivity contribution >= 4 is 40.4 Å². The minimum absolute atomic E-state index is 0.0435. The maximum absolute atomic E-state index is 12.9. The summed E-state index contributed by atoms with van der Waals surface area (Å²) in [5, 5.41) is 15.5. The number of carbonyl (C=O) groups is 3. The average Bonchev–Trinajstić information content (AvgIpc) is 3.61. The largest absolute Gasteiger partial charge is 0.352 e. The first-order valence-electron chi connectivity index (χ1n) is 14.0. The molecule has 0 unspecified atom stereocenters. The summed E-state index contributed by atoms with van der Waals surface area (Å²) in [6, 6.07) is 9.29. The number of rotatable bonds is 13. The van der Waals surface area contributed by atoms with Gasteiger partial charge in [-0.1, -0.05) is 32.1 Å². The molecule has 0 atom stereocenters. The van der Waals surface area contributed by atoms with E-state index in [0.717, 1.165) is 74.5 Å². The SMILES string of the molecule is CN(C)C(=O)c1cc2cnc(Nc3ccc(C(=O)NCCCCCCCC(=O)NO)cc3)nc2n1C1CCCC1. The summed E-state index contributed by atoms with van der Waals surface area (Å²) in [5.74, 6) is -0.0966. The number of nitrogens with one attached hydrogen (secondary N) is 3. The molecular weight excluding hydrogens is 510 g/mol. The third-order valence-corrected chi connectivity index (χ3v) is 7.29. The third kappa shape index (κ3) is 7.35. The second-order valence-electron chi connectivity index (χ2n) is 10.5. The molecule has 0 bridgehead atoms. The molecule has 1 saturated carbocycles. The van der Waals surface area contributed by atoms with E-state index in [0.29, 0.717) is 30.2 Å². The van der Waals surface area contributed by atoms with Gasteiger partial charge in [-0.25, -0.2) is 10.5 Å². The van der Waals surface area contributed by atoms with Crippen LogP contribution < -0.4 is 16.1 Å². The highest BCUT2D eigenvalue weighted by Gasteiger charge is 2.26. The fourth-order valence-electron chi connectivity index (χ4n) is 5.13. The second-order valence-corrected chi connectivity index (χ2v) is 10.5. The summed E-state index contributed by atoms with van der Waals surface area (Å²) in [7, 11) is 3.52. The Morgan fingerprint density at radius 1 is 1.02 bits per heavy atom. The molecule has 0 aliphatic heterocycles. The minimum Gasteiger partial charge on any atom is -0.352 e. The van der Waals surface area contributed by atoms with Crippen LogP contribution in [0.25, 0.3) is 11.0 Å². The van der Waals surface area contributed by atoms with Crippen LogP contribution in [0.15, 0.2) is 36.5 Å². The van der Waals surface area contributed by atoms with Gasteiger partial charge in [-0.3, -0.25) is 19.6 Å². The number of aromatic nitrogens is 3. The van der Waals surface area contributed by atoms with Crippen LogP contribution in [0.5, 0.6) is 0 Å². The van der Waals surface area contributed by atoms with Crippen LogP contribution >= 0.6 is 0 Å². The third-order valence-electron chi connectivity index (χ3n) is 7.29. The van der Waals surface area contributed by atoms with Crippen LogP contribution in [0, 0.1) is 0 Å². The Morgan fingerprint density at radius 2 is 1.73 bits per heavy atom. The number of hydrogen-bond donors (Lipinski definition) is 4. The van der Waals surface area contributed by atoms with Gasteiger partial charge in [-0.05, 0) is 56.0 Å². The summed E-state index contributed by atoms with van der Waals surface area (Å²) >= 11 is 0. The van der Waals surface area contributed by atoms with E-state index in [-0.39, 0.29) is 23.8 Å². The van der Waals surface area contributed by atoms with Gasteiger partial charge in [-0.15, -0.1) is 0 Å². The lowest BCUT2D eigenvalue weighted by atomic mass is 10.1. The zero-order valence-electron chi connectivity index (χ0n) is 23.3. The molecule has 11 heteroatoms. The first kappa shape index (κ1) is 29.0. The fourth-order valence-corrected chi connectivity index (χ4v) is 5.13. The Kier molecular flexibility index (Phi) is 10.1. The Balaban J connectivity index is 1.33. The summed E-state index contributed by atoms with van der Waals surface area (Å²) in [4.78, 5) is 47.2. The Morgan fingerprint density at radius 3 is 2.42 bits per heavy atom. The lowest BCUT2D eigenvalue weighted by Gasteiger charge is -2.19. The van der Waals surface area contributed by atoms with Crippen molar-refractivity contribution in [1.82, 2.24) is 30.2 Å². The maximum Gasteiger partial charge on any atom is 0.270 e. The van der Waals surface area contributed by atoms with Crippen molar-refractivity contribution in [1.29, 1.82) is 0 Å². The molecule has 0 saturated heterocycles. The van der Waals surface area contributed by atoms with Crippen LogP contribution in [0.4, 0.5) is 11.6 Å². The van der Waals surface area contributed by atoms with Gasteiger partial charge < -0.3 is 20.1 Å². The predicted octanol–water partition coefficient (Wildman–Crippen LogP) is 4.57. The first-order valence-corrected chi connectivity index (χ1v) is 14.0. The van der Waals surface area contributed by atoms with E-state index in [9.17, 15) is 14.4 Å². The molecule has 3 amide bonds.